The highest BCUT2D eigenvalue weighted by molar-refractivity contribution is 5.67. The van der Waals surface area contributed by atoms with Crippen LogP contribution in [0.4, 0.5) is 0 Å². The van der Waals surface area contributed by atoms with Crippen molar-refractivity contribution < 1.29 is 73.4 Å². The summed E-state index contributed by atoms with van der Waals surface area (Å²) < 4.78 is 43.5. The first-order valence-electron chi connectivity index (χ1n) is 22.0. The van der Waals surface area contributed by atoms with Gasteiger partial charge in [-0.15, -0.1) is 0 Å². The zero-order chi connectivity index (χ0) is 43.0. The molecule has 8 aliphatic rings. The van der Waals surface area contributed by atoms with E-state index in [4.69, 9.17) is 33.2 Å². The molecule has 0 unspecified atom stereocenters. The van der Waals surface area contributed by atoms with Crippen LogP contribution >= 0.6 is 0 Å². The van der Waals surface area contributed by atoms with Gasteiger partial charge in [0, 0.05) is 19.8 Å². The second-order valence-corrected chi connectivity index (χ2v) is 21.8. The topological polar surface area (TPSA) is 220 Å². The fourth-order valence-corrected chi connectivity index (χ4v) is 15.2. The molecule has 3 heterocycles. The largest absolute Gasteiger partial charge is 0.455 e. The third kappa shape index (κ3) is 6.60. The van der Waals surface area contributed by atoms with E-state index in [2.05, 4.69) is 34.6 Å². The summed E-state index contributed by atoms with van der Waals surface area (Å²) in [7, 11) is 0. The monoisotopic (exact) mass is 838 g/mol. The molecule has 0 amide bonds. The van der Waals surface area contributed by atoms with Crippen molar-refractivity contribution >= 4 is 11.9 Å². The minimum Gasteiger partial charge on any atom is -0.455 e. The summed E-state index contributed by atoms with van der Waals surface area (Å²) in [5, 5.41) is 66.3. The Labute approximate surface area is 347 Å². The van der Waals surface area contributed by atoms with Crippen LogP contribution in [0.1, 0.15) is 120 Å². The molecule has 8 rings (SSSR count). The highest BCUT2D eigenvalue weighted by Crippen LogP contribution is 2.89. The molecule has 336 valence electrons. The first-order valence-corrected chi connectivity index (χ1v) is 22.0. The Balaban J connectivity index is 1.13. The first-order chi connectivity index (χ1) is 27.3. The molecule has 0 radical (unpaired) electrons. The van der Waals surface area contributed by atoms with Gasteiger partial charge in [0.15, 0.2) is 24.8 Å². The minimum absolute atomic E-state index is 0.0659. The second kappa shape index (κ2) is 14.5. The summed E-state index contributed by atoms with van der Waals surface area (Å²) in [5.74, 6) is -1.47. The molecular weight excluding hydrogens is 768 g/mol. The van der Waals surface area contributed by atoms with Crippen molar-refractivity contribution in [1.82, 2.24) is 0 Å². The number of carbonyl (C=O) groups excluding carboxylic acids is 2. The van der Waals surface area contributed by atoms with Gasteiger partial charge in [-0.3, -0.25) is 9.59 Å². The lowest BCUT2D eigenvalue weighted by Gasteiger charge is -2.65. The molecule has 0 aromatic rings. The quantitative estimate of drug-likeness (QED) is 0.153. The average molecular weight is 839 g/mol. The van der Waals surface area contributed by atoms with Crippen molar-refractivity contribution in [2.24, 2.45) is 44.8 Å². The van der Waals surface area contributed by atoms with E-state index in [0.717, 1.165) is 32.1 Å². The van der Waals surface area contributed by atoms with Crippen LogP contribution in [-0.4, -0.2) is 141 Å². The van der Waals surface area contributed by atoms with Gasteiger partial charge in [0.05, 0.1) is 48.8 Å². The fourth-order valence-electron chi connectivity index (χ4n) is 15.2. The number of hydrogen-bond acceptors (Lipinski definition) is 15. The molecule has 3 aliphatic heterocycles. The first kappa shape index (κ1) is 44.1. The highest BCUT2D eigenvalue weighted by atomic mass is 16.7. The van der Waals surface area contributed by atoms with Gasteiger partial charge >= 0.3 is 11.9 Å². The van der Waals surface area contributed by atoms with E-state index in [0.29, 0.717) is 25.7 Å². The number of ether oxygens (including phenoxy) is 7. The molecular formula is C44H70O15. The molecule has 0 bridgehead atoms. The zero-order valence-corrected chi connectivity index (χ0v) is 36.3. The van der Waals surface area contributed by atoms with E-state index >= 15 is 0 Å². The molecule has 15 nitrogen and oxygen atoms in total. The van der Waals surface area contributed by atoms with Crippen LogP contribution in [0.15, 0.2) is 0 Å². The number of rotatable bonds is 8. The second-order valence-electron chi connectivity index (χ2n) is 21.8. The molecule has 59 heavy (non-hydrogen) atoms. The minimum atomic E-state index is -1.49. The lowest BCUT2D eigenvalue weighted by molar-refractivity contribution is -0.327. The van der Waals surface area contributed by atoms with Crippen LogP contribution in [0.3, 0.4) is 0 Å². The predicted molar refractivity (Wildman–Crippen MR) is 207 cm³/mol. The summed E-state index contributed by atoms with van der Waals surface area (Å²) >= 11 is 0. The van der Waals surface area contributed by atoms with Crippen molar-refractivity contribution in [1.29, 1.82) is 0 Å². The molecule has 6 N–H and O–H groups in total. The third-order valence-corrected chi connectivity index (χ3v) is 17.8. The maximum Gasteiger partial charge on any atom is 0.303 e. The number of hydrogen-bond donors (Lipinski definition) is 6. The van der Waals surface area contributed by atoms with Gasteiger partial charge in [-0.25, -0.2) is 0 Å². The molecule has 2 spiro atoms. The fraction of sp³-hybridized carbons (Fsp3) is 0.955. The Bertz CT molecular complexity index is 1630. The van der Waals surface area contributed by atoms with E-state index in [-0.39, 0.29) is 58.7 Å². The third-order valence-electron chi connectivity index (χ3n) is 17.8. The molecule has 5 aliphatic carbocycles. The molecule has 8 fully saturated rings. The SMILES string of the molecule is CC(=O)O[C@@H]1[C@@H](OC(C)=O)[C@H](O[C@H]2CC[C@]34C[C@]35CC[C@]3(C)[C@@H]([C@@]6(C)CC[C@@H](C(C)(C)O)O6)[C@@H](O)C[C@@]3(C)[C@@H]5C[C@H](O[C@H]3OC[C@H](O)[C@@H](O)[C@@H]3O)[C@@H]4C2(C)C)OC[C@H]1O. The molecule has 3 saturated heterocycles. The standard InChI is InChI=1S/C44H70O15/c1-21(45)55-32-25(49)19-54-37(33(32)56-22(2)46)58-28-11-13-44-20-43(44)15-14-40(7)34(42(9)12-10-29(59-42)39(5,6)52)23(47)17-41(40,8)27(43)16-26(35(44)38(28,3)4)57-36-31(51)30(50)24(48)18-53-36/h23-37,47-52H,10-20H2,1-9H3/t23-,24-,25+,26-,27-,28-,29-,30+,31-,32-,33+,34-,35+,36+,37-,40+,41-,42+,43-,44+/m0/s1. The van der Waals surface area contributed by atoms with Gasteiger partial charge in [-0.05, 0) is 117 Å². The summed E-state index contributed by atoms with van der Waals surface area (Å²) in [6, 6.07) is 0. The van der Waals surface area contributed by atoms with E-state index < -0.39 is 96.1 Å². The van der Waals surface area contributed by atoms with Crippen LogP contribution in [0.25, 0.3) is 0 Å². The molecule has 5 saturated carbocycles. The van der Waals surface area contributed by atoms with Gasteiger partial charge in [0.25, 0.3) is 0 Å². The molecule has 0 aromatic heterocycles. The number of aliphatic hydroxyl groups is 6. The Morgan fingerprint density at radius 2 is 1.34 bits per heavy atom. The van der Waals surface area contributed by atoms with Gasteiger partial charge in [0.2, 0.25) is 0 Å². The zero-order valence-electron chi connectivity index (χ0n) is 36.3. The van der Waals surface area contributed by atoms with E-state index in [9.17, 15) is 40.2 Å². The van der Waals surface area contributed by atoms with Crippen molar-refractivity contribution in [2.45, 2.75) is 205 Å². The molecule has 0 aromatic carbocycles. The molecule has 15 heteroatoms. The smallest absolute Gasteiger partial charge is 0.303 e. The number of aliphatic hydroxyl groups excluding tert-OH is 5. The maximum atomic E-state index is 12.3. The summed E-state index contributed by atoms with van der Waals surface area (Å²) in [6.45, 7) is 16.7. The van der Waals surface area contributed by atoms with Crippen LogP contribution in [0.2, 0.25) is 0 Å². The van der Waals surface area contributed by atoms with Crippen LogP contribution in [0, 0.1) is 44.8 Å². The Kier molecular flexibility index (Phi) is 10.9. The lowest BCUT2D eigenvalue weighted by atomic mass is 9.41. The van der Waals surface area contributed by atoms with E-state index in [1.54, 1.807) is 13.8 Å². The number of esters is 2. The Morgan fingerprint density at radius 1 is 0.695 bits per heavy atom. The van der Waals surface area contributed by atoms with E-state index in [1.165, 1.54) is 13.8 Å². The van der Waals surface area contributed by atoms with Gasteiger partial charge in [-0.1, -0.05) is 27.7 Å². The summed E-state index contributed by atoms with van der Waals surface area (Å²) in [4.78, 5) is 24.4. The normalized spacial score (nSPS) is 54.0. The number of carbonyl (C=O) groups is 2. The van der Waals surface area contributed by atoms with Crippen LogP contribution in [0.5, 0.6) is 0 Å². The van der Waals surface area contributed by atoms with Crippen LogP contribution < -0.4 is 0 Å². The maximum absolute atomic E-state index is 12.3. The molecule has 20 atom stereocenters. The number of fused-ring (bicyclic) bond motifs is 2. The van der Waals surface area contributed by atoms with Gasteiger partial charge in [0.1, 0.15) is 24.4 Å². The van der Waals surface area contributed by atoms with Gasteiger partial charge in [-0.2, -0.15) is 0 Å². The summed E-state index contributed by atoms with van der Waals surface area (Å²) in [5.41, 5.74) is -3.16. The average Bonchev–Trinajstić information content (AvgIpc) is 3.49. The lowest BCUT2D eigenvalue weighted by Crippen LogP contribution is -2.65. The van der Waals surface area contributed by atoms with E-state index in [1.807, 2.05) is 0 Å². The van der Waals surface area contributed by atoms with Crippen molar-refractivity contribution in [3.8, 4) is 0 Å². The van der Waals surface area contributed by atoms with Crippen molar-refractivity contribution in [2.75, 3.05) is 13.2 Å². The highest BCUT2D eigenvalue weighted by Gasteiger charge is 2.85. The Morgan fingerprint density at radius 3 is 1.98 bits per heavy atom. The summed E-state index contributed by atoms with van der Waals surface area (Å²) in [6.07, 6.45) is -5.24. The van der Waals surface area contributed by atoms with Crippen LogP contribution in [-0.2, 0) is 42.7 Å². The Hall–Kier alpha value is -1.50. The van der Waals surface area contributed by atoms with Crippen molar-refractivity contribution in [3.63, 3.8) is 0 Å². The predicted octanol–water partition coefficient (Wildman–Crippen LogP) is 2.50. The van der Waals surface area contributed by atoms with Crippen molar-refractivity contribution in [3.05, 3.63) is 0 Å². The van der Waals surface area contributed by atoms with Gasteiger partial charge < -0.3 is 63.8 Å².